The van der Waals surface area contributed by atoms with Crippen LogP contribution >= 0.6 is 0 Å². The molecular formula is C11H11F3O4. The van der Waals surface area contributed by atoms with E-state index < -0.39 is 18.9 Å². The second-order valence-electron chi connectivity index (χ2n) is 3.40. The molecule has 0 spiro atoms. The minimum absolute atomic E-state index is 0.0198. The number of methoxy groups -OCH3 is 1. The SMILES string of the molecule is COc1cc(C=O)ccc1OCC(O)C(F)(F)F. The molecule has 0 aliphatic carbocycles. The summed E-state index contributed by atoms with van der Waals surface area (Å²) in [6.07, 6.45) is -6.75. The second-order valence-corrected chi connectivity index (χ2v) is 3.40. The van der Waals surface area contributed by atoms with Gasteiger partial charge in [0, 0.05) is 5.56 Å². The largest absolute Gasteiger partial charge is 0.493 e. The predicted molar refractivity (Wildman–Crippen MR) is 55.9 cm³/mol. The van der Waals surface area contributed by atoms with Crippen molar-refractivity contribution in [3.8, 4) is 11.5 Å². The molecule has 0 heterocycles. The maximum atomic E-state index is 12.0. The molecule has 0 saturated heterocycles. The number of carbonyl (C=O) groups excluding carboxylic acids is 1. The summed E-state index contributed by atoms with van der Waals surface area (Å²) in [5, 5.41) is 8.76. The van der Waals surface area contributed by atoms with Crippen LogP contribution < -0.4 is 9.47 Å². The van der Waals surface area contributed by atoms with Crippen LogP contribution in [0.4, 0.5) is 13.2 Å². The van der Waals surface area contributed by atoms with Gasteiger partial charge >= 0.3 is 6.18 Å². The number of rotatable bonds is 5. The molecular weight excluding hydrogens is 253 g/mol. The summed E-state index contributed by atoms with van der Waals surface area (Å²) < 4.78 is 45.8. The van der Waals surface area contributed by atoms with E-state index in [0.29, 0.717) is 11.8 Å². The summed E-state index contributed by atoms with van der Waals surface area (Å²) in [5.41, 5.74) is 0.301. The summed E-state index contributed by atoms with van der Waals surface area (Å²) in [4.78, 5) is 10.5. The second kappa shape index (κ2) is 5.72. The smallest absolute Gasteiger partial charge is 0.417 e. The highest BCUT2D eigenvalue weighted by atomic mass is 19.4. The molecule has 18 heavy (non-hydrogen) atoms. The standard InChI is InChI=1S/C11H11F3O4/c1-17-9-4-7(5-15)2-3-8(9)18-6-10(16)11(12,13)14/h2-5,10,16H,6H2,1H3. The van der Waals surface area contributed by atoms with E-state index in [9.17, 15) is 18.0 Å². The molecule has 0 aliphatic heterocycles. The molecule has 7 heteroatoms. The van der Waals surface area contributed by atoms with Gasteiger partial charge in [-0.1, -0.05) is 0 Å². The van der Waals surface area contributed by atoms with Crippen LogP contribution in [0, 0.1) is 0 Å². The van der Waals surface area contributed by atoms with E-state index in [1.54, 1.807) is 0 Å². The van der Waals surface area contributed by atoms with Crippen molar-refractivity contribution in [2.24, 2.45) is 0 Å². The van der Waals surface area contributed by atoms with Gasteiger partial charge < -0.3 is 14.6 Å². The molecule has 1 rings (SSSR count). The molecule has 1 N–H and O–H groups in total. The molecule has 0 aliphatic rings. The number of carbonyl (C=O) groups is 1. The molecule has 0 aromatic heterocycles. The van der Waals surface area contributed by atoms with Gasteiger partial charge in [-0.25, -0.2) is 0 Å². The predicted octanol–water partition coefficient (Wildman–Crippen LogP) is 1.81. The molecule has 0 saturated carbocycles. The highest BCUT2D eigenvalue weighted by Gasteiger charge is 2.38. The number of alkyl halides is 3. The Hall–Kier alpha value is -1.76. The number of hydrogen-bond acceptors (Lipinski definition) is 4. The summed E-state index contributed by atoms with van der Waals surface area (Å²) in [5.74, 6) is 0.139. The first-order valence-corrected chi connectivity index (χ1v) is 4.89. The number of aliphatic hydroxyl groups is 1. The molecule has 1 aromatic rings. The summed E-state index contributed by atoms with van der Waals surface area (Å²) in [7, 11) is 1.29. The van der Waals surface area contributed by atoms with E-state index in [2.05, 4.69) is 0 Å². The van der Waals surface area contributed by atoms with Gasteiger partial charge in [0.1, 0.15) is 12.9 Å². The van der Waals surface area contributed by atoms with Crippen LogP contribution in [0.15, 0.2) is 18.2 Å². The molecule has 0 bridgehead atoms. The maximum absolute atomic E-state index is 12.0. The number of ether oxygens (including phenoxy) is 2. The van der Waals surface area contributed by atoms with E-state index in [1.165, 1.54) is 25.3 Å². The highest BCUT2D eigenvalue weighted by molar-refractivity contribution is 5.76. The quantitative estimate of drug-likeness (QED) is 0.824. The Morgan fingerprint density at radius 2 is 2.06 bits per heavy atom. The van der Waals surface area contributed by atoms with Gasteiger partial charge in [-0.05, 0) is 18.2 Å². The molecule has 1 atom stereocenters. The van der Waals surface area contributed by atoms with Crippen molar-refractivity contribution < 1.29 is 32.5 Å². The number of aliphatic hydroxyl groups excluding tert-OH is 1. The fraction of sp³-hybridized carbons (Fsp3) is 0.364. The highest BCUT2D eigenvalue weighted by Crippen LogP contribution is 2.29. The van der Waals surface area contributed by atoms with Gasteiger partial charge in [0.05, 0.1) is 7.11 Å². The summed E-state index contributed by atoms with van der Waals surface area (Å²) in [6, 6.07) is 3.98. The Morgan fingerprint density at radius 1 is 1.39 bits per heavy atom. The number of halogens is 3. The van der Waals surface area contributed by atoms with Gasteiger partial charge in [-0.15, -0.1) is 0 Å². The van der Waals surface area contributed by atoms with Gasteiger partial charge in [0.15, 0.2) is 17.6 Å². The van der Waals surface area contributed by atoms with E-state index in [1.807, 2.05) is 0 Å². The lowest BCUT2D eigenvalue weighted by Gasteiger charge is -2.16. The Morgan fingerprint density at radius 3 is 2.56 bits per heavy atom. The molecule has 1 unspecified atom stereocenters. The lowest BCUT2D eigenvalue weighted by atomic mass is 10.2. The van der Waals surface area contributed by atoms with Gasteiger partial charge in [0.2, 0.25) is 0 Å². The third kappa shape index (κ3) is 3.63. The fourth-order valence-corrected chi connectivity index (χ4v) is 1.14. The van der Waals surface area contributed by atoms with Crippen LogP contribution in [-0.4, -0.2) is 37.4 Å². The van der Waals surface area contributed by atoms with Crippen LogP contribution in [0.25, 0.3) is 0 Å². The first-order valence-electron chi connectivity index (χ1n) is 4.89. The van der Waals surface area contributed by atoms with E-state index in [4.69, 9.17) is 14.6 Å². The van der Waals surface area contributed by atoms with Gasteiger partial charge in [-0.3, -0.25) is 4.79 Å². The Labute approximate surface area is 101 Å². The van der Waals surface area contributed by atoms with Crippen molar-refractivity contribution in [1.82, 2.24) is 0 Å². The number of hydrogen-bond donors (Lipinski definition) is 1. The molecule has 1 aromatic carbocycles. The molecule has 0 amide bonds. The average Bonchev–Trinajstić information content (AvgIpc) is 2.34. The molecule has 4 nitrogen and oxygen atoms in total. The summed E-state index contributed by atoms with van der Waals surface area (Å²) in [6.45, 7) is -0.944. The van der Waals surface area contributed by atoms with Gasteiger partial charge in [-0.2, -0.15) is 13.2 Å². The van der Waals surface area contributed by atoms with E-state index >= 15 is 0 Å². The Bertz CT molecular complexity index is 417. The van der Waals surface area contributed by atoms with Crippen LogP contribution in [0.5, 0.6) is 11.5 Å². The van der Waals surface area contributed by atoms with E-state index in [0.717, 1.165) is 0 Å². The van der Waals surface area contributed by atoms with E-state index in [-0.39, 0.29) is 11.5 Å². The Kier molecular flexibility index (Phi) is 4.55. The zero-order valence-corrected chi connectivity index (χ0v) is 9.40. The van der Waals surface area contributed by atoms with Crippen LogP contribution in [-0.2, 0) is 0 Å². The Balaban J connectivity index is 2.76. The van der Waals surface area contributed by atoms with Crippen molar-refractivity contribution in [3.63, 3.8) is 0 Å². The topological polar surface area (TPSA) is 55.8 Å². The number of aldehydes is 1. The lowest BCUT2D eigenvalue weighted by molar-refractivity contribution is -0.210. The minimum Gasteiger partial charge on any atom is -0.493 e. The molecule has 0 radical (unpaired) electrons. The zero-order chi connectivity index (χ0) is 13.8. The third-order valence-electron chi connectivity index (χ3n) is 2.10. The average molecular weight is 264 g/mol. The summed E-state index contributed by atoms with van der Waals surface area (Å²) >= 11 is 0. The maximum Gasteiger partial charge on any atom is 0.417 e. The first kappa shape index (κ1) is 14.3. The third-order valence-corrected chi connectivity index (χ3v) is 2.10. The van der Waals surface area contributed by atoms with Crippen molar-refractivity contribution in [2.75, 3.05) is 13.7 Å². The first-order chi connectivity index (χ1) is 8.38. The van der Waals surface area contributed by atoms with Crippen LogP contribution in [0.2, 0.25) is 0 Å². The molecule has 100 valence electrons. The van der Waals surface area contributed by atoms with Crippen molar-refractivity contribution in [3.05, 3.63) is 23.8 Å². The zero-order valence-electron chi connectivity index (χ0n) is 9.40. The van der Waals surface area contributed by atoms with Crippen LogP contribution in [0.1, 0.15) is 10.4 Å². The fourth-order valence-electron chi connectivity index (χ4n) is 1.14. The van der Waals surface area contributed by atoms with Crippen molar-refractivity contribution in [1.29, 1.82) is 0 Å². The minimum atomic E-state index is -4.74. The van der Waals surface area contributed by atoms with Crippen LogP contribution in [0.3, 0.4) is 0 Å². The monoisotopic (exact) mass is 264 g/mol. The number of benzene rings is 1. The molecule has 0 fully saturated rings. The normalized spacial score (nSPS) is 12.9. The van der Waals surface area contributed by atoms with Crippen molar-refractivity contribution in [2.45, 2.75) is 12.3 Å². The van der Waals surface area contributed by atoms with Crippen molar-refractivity contribution >= 4 is 6.29 Å². The van der Waals surface area contributed by atoms with Gasteiger partial charge in [0.25, 0.3) is 0 Å². The lowest BCUT2D eigenvalue weighted by Crippen LogP contribution is -2.34.